The minimum atomic E-state index is -0.856. The summed E-state index contributed by atoms with van der Waals surface area (Å²) in [6.45, 7) is 2.65. The van der Waals surface area contributed by atoms with Crippen molar-refractivity contribution in [2.45, 2.75) is 20.1 Å². The van der Waals surface area contributed by atoms with Crippen LogP contribution in [0.2, 0.25) is 0 Å². The molecule has 0 aliphatic heterocycles. The molecule has 0 bridgehead atoms. The summed E-state index contributed by atoms with van der Waals surface area (Å²) in [6, 6.07) is 9.87. The van der Waals surface area contributed by atoms with Gasteiger partial charge in [-0.15, -0.1) is 0 Å². The zero-order valence-corrected chi connectivity index (χ0v) is 11.5. The van der Waals surface area contributed by atoms with Crippen molar-refractivity contribution in [3.8, 4) is 5.75 Å². The lowest BCUT2D eigenvalue weighted by Crippen LogP contribution is -2.08. The molecule has 0 radical (unpaired) electrons. The lowest BCUT2D eigenvalue weighted by atomic mass is 10.1. The minimum absolute atomic E-state index is 0.00334. The first kappa shape index (κ1) is 14.5. The van der Waals surface area contributed by atoms with Crippen LogP contribution >= 0.6 is 0 Å². The van der Waals surface area contributed by atoms with Crippen molar-refractivity contribution in [1.29, 1.82) is 0 Å². The van der Waals surface area contributed by atoms with Crippen LogP contribution in [-0.4, -0.2) is 7.05 Å². The van der Waals surface area contributed by atoms with E-state index in [9.17, 15) is 8.78 Å². The molecule has 0 saturated carbocycles. The topological polar surface area (TPSA) is 21.3 Å². The van der Waals surface area contributed by atoms with E-state index in [1.54, 1.807) is 0 Å². The van der Waals surface area contributed by atoms with Gasteiger partial charge in [0.1, 0.15) is 12.4 Å². The summed E-state index contributed by atoms with van der Waals surface area (Å²) in [7, 11) is 1.85. The average Bonchev–Trinajstić information content (AvgIpc) is 2.42. The third-order valence-electron chi connectivity index (χ3n) is 3.00. The molecule has 0 aliphatic rings. The molecule has 2 aromatic rings. The predicted molar refractivity (Wildman–Crippen MR) is 74.6 cm³/mol. The number of halogens is 2. The molecule has 1 N–H and O–H groups in total. The molecular formula is C16H17F2NO. The molecule has 0 aliphatic carbocycles. The Balaban J connectivity index is 2.16. The molecule has 0 amide bonds. The van der Waals surface area contributed by atoms with Gasteiger partial charge in [0.05, 0.1) is 0 Å². The summed E-state index contributed by atoms with van der Waals surface area (Å²) in [5, 5.41) is 3.06. The Morgan fingerprint density at radius 1 is 1.10 bits per heavy atom. The first-order chi connectivity index (χ1) is 9.61. The van der Waals surface area contributed by atoms with Crippen molar-refractivity contribution in [2.75, 3.05) is 7.05 Å². The highest BCUT2D eigenvalue weighted by Crippen LogP contribution is 2.22. The van der Waals surface area contributed by atoms with E-state index < -0.39 is 11.6 Å². The zero-order chi connectivity index (χ0) is 14.5. The highest BCUT2D eigenvalue weighted by molar-refractivity contribution is 5.37. The molecule has 2 rings (SSSR count). The summed E-state index contributed by atoms with van der Waals surface area (Å²) in [5.41, 5.74) is 2.32. The fourth-order valence-corrected chi connectivity index (χ4v) is 1.99. The largest absolute Gasteiger partial charge is 0.488 e. The van der Waals surface area contributed by atoms with Crippen molar-refractivity contribution in [1.82, 2.24) is 5.32 Å². The van der Waals surface area contributed by atoms with Crippen molar-refractivity contribution in [3.05, 3.63) is 64.7 Å². The van der Waals surface area contributed by atoms with Crippen LogP contribution in [0.15, 0.2) is 36.4 Å². The van der Waals surface area contributed by atoms with Crippen molar-refractivity contribution in [2.24, 2.45) is 0 Å². The molecule has 20 heavy (non-hydrogen) atoms. The molecule has 0 spiro atoms. The Kier molecular flexibility index (Phi) is 4.69. The minimum Gasteiger partial charge on any atom is -0.488 e. The second-order valence-corrected chi connectivity index (χ2v) is 4.64. The van der Waals surface area contributed by atoms with Crippen molar-refractivity contribution >= 4 is 0 Å². The molecule has 106 valence electrons. The van der Waals surface area contributed by atoms with Gasteiger partial charge in [-0.05, 0) is 26.1 Å². The molecule has 2 aromatic carbocycles. The van der Waals surface area contributed by atoms with E-state index in [0.717, 1.165) is 17.2 Å². The van der Waals surface area contributed by atoms with Crippen LogP contribution in [0.25, 0.3) is 0 Å². The van der Waals surface area contributed by atoms with E-state index >= 15 is 0 Å². The number of rotatable bonds is 5. The van der Waals surface area contributed by atoms with Gasteiger partial charge in [-0.1, -0.05) is 29.8 Å². The van der Waals surface area contributed by atoms with E-state index in [4.69, 9.17) is 4.74 Å². The van der Waals surface area contributed by atoms with Gasteiger partial charge in [-0.25, -0.2) is 8.78 Å². The van der Waals surface area contributed by atoms with Crippen LogP contribution in [0, 0.1) is 18.6 Å². The van der Waals surface area contributed by atoms with E-state index in [2.05, 4.69) is 5.32 Å². The van der Waals surface area contributed by atoms with Gasteiger partial charge in [0, 0.05) is 17.7 Å². The Labute approximate surface area is 117 Å². The van der Waals surface area contributed by atoms with E-state index in [-0.39, 0.29) is 12.2 Å². The quantitative estimate of drug-likeness (QED) is 0.902. The lowest BCUT2D eigenvalue weighted by Gasteiger charge is -2.12. The third-order valence-corrected chi connectivity index (χ3v) is 3.00. The number of benzene rings is 2. The van der Waals surface area contributed by atoms with E-state index in [1.165, 1.54) is 12.1 Å². The summed E-state index contributed by atoms with van der Waals surface area (Å²) in [6.07, 6.45) is 0. The number of nitrogens with one attached hydrogen (secondary N) is 1. The van der Waals surface area contributed by atoms with Crippen LogP contribution in [0.1, 0.15) is 16.7 Å². The standard InChI is InChI=1S/C16H17F2NO/c1-11-6-7-15(13(8-11)9-19-2)20-10-12-4-3-5-14(17)16(12)18/h3-8,19H,9-10H2,1-2H3. The monoisotopic (exact) mass is 277 g/mol. The zero-order valence-electron chi connectivity index (χ0n) is 11.5. The van der Waals surface area contributed by atoms with Crippen LogP contribution in [0.4, 0.5) is 8.78 Å². The Bertz CT molecular complexity index is 599. The maximum absolute atomic E-state index is 13.5. The van der Waals surface area contributed by atoms with Crippen molar-refractivity contribution in [3.63, 3.8) is 0 Å². The van der Waals surface area contributed by atoms with Gasteiger partial charge in [0.25, 0.3) is 0 Å². The van der Waals surface area contributed by atoms with Gasteiger partial charge in [-0.2, -0.15) is 0 Å². The molecule has 4 heteroatoms. The highest BCUT2D eigenvalue weighted by Gasteiger charge is 2.09. The predicted octanol–water partition coefficient (Wildman–Crippen LogP) is 3.57. The molecular weight excluding hydrogens is 260 g/mol. The second kappa shape index (κ2) is 6.48. The second-order valence-electron chi connectivity index (χ2n) is 4.64. The smallest absolute Gasteiger partial charge is 0.165 e. The van der Waals surface area contributed by atoms with Gasteiger partial charge in [0.15, 0.2) is 11.6 Å². The van der Waals surface area contributed by atoms with Crippen LogP contribution in [0.3, 0.4) is 0 Å². The molecule has 0 heterocycles. The average molecular weight is 277 g/mol. The maximum atomic E-state index is 13.5. The summed E-state index contributed by atoms with van der Waals surface area (Å²) in [5.74, 6) is -1.03. The summed E-state index contributed by atoms with van der Waals surface area (Å²) < 4.78 is 32.3. The number of aryl methyl sites for hydroxylation is 1. The number of hydrogen-bond donors (Lipinski definition) is 1. The molecule has 0 atom stereocenters. The number of hydrogen-bond acceptors (Lipinski definition) is 2. The van der Waals surface area contributed by atoms with E-state index in [0.29, 0.717) is 12.3 Å². The Morgan fingerprint density at radius 2 is 1.90 bits per heavy atom. The Morgan fingerprint density at radius 3 is 2.65 bits per heavy atom. The van der Waals surface area contributed by atoms with Gasteiger partial charge >= 0.3 is 0 Å². The normalized spacial score (nSPS) is 10.6. The molecule has 0 unspecified atom stereocenters. The van der Waals surface area contributed by atoms with Crippen LogP contribution in [-0.2, 0) is 13.2 Å². The SMILES string of the molecule is CNCc1cc(C)ccc1OCc1cccc(F)c1F. The van der Waals surface area contributed by atoms with Gasteiger partial charge < -0.3 is 10.1 Å². The molecule has 0 fully saturated rings. The first-order valence-corrected chi connectivity index (χ1v) is 6.41. The summed E-state index contributed by atoms with van der Waals surface area (Å²) >= 11 is 0. The third kappa shape index (κ3) is 3.33. The lowest BCUT2D eigenvalue weighted by molar-refractivity contribution is 0.293. The summed E-state index contributed by atoms with van der Waals surface area (Å²) in [4.78, 5) is 0. The fraction of sp³-hybridized carbons (Fsp3) is 0.250. The maximum Gasteiger partial charge on any atom is 0.165 e. The molecule has 2 nitrogen and oxygen atoms in total. The van der Waals surface area contributed by atoms with Crippen LogP contribution < -0.4 is 10.1 Å². The van der Waals surface area contributed by atoms with Crippen LogP contribution in [0.5, 0.6) is 5.75 Å². The fourth-order valence-electron chi connectivity index (χ4n) is 1.99. The number of ether oxygens (including phenoxy) is 1. The highest BCUT2D eigenvalue weighted by atomic mass is 19.2. The van der Waals surface area contributed by atoms with Gasteiger partial charge in [0.2, 0.25) is 0 Å². The van der Waals surface area contributed by atoms with E-state index in [1.807, 2.05) is 32.2 Å². The Hall–Kier alpha value is -1.94. The molecule has 0 aromatic heterocycles. The molecule has 0 saturated heterocycles. The first-order valence-electron chi connectivity index (χ1n) is 6.41. The van der Waals surface area contributed by atoms with Crippen molar-refractivity contribution < 1.29 is 13.5 Å². The van der Waals surface area contributed by atoms with Gasteiger partial charge in [-0.3, -0.25) is 0 Å².